The van der Waals surface area contributed by atoms with Crippen molar-refractivity contribution in [3.05, 3.63) is 34.3 Å². The molecule has 2 N–H and O–H groups in total. The molecule has 0 aliphatic carbocycles. The van der Waals surface area contributed by atoms with Crippen LogP contribution in [0.3, 0.4) is 0 Å². The molecule has 0 heterocycles. The molecule has 1 nitrogen and oxygen atoms in total. The first-order valence-corrected chi connectivity index (χ1v) is 5.93. The number of hydrogen-bond acceptors (Lipinski definition) is 1. The van der Waals surface area contributed by atoms with Crippen molar-refractivity contribution in [3.8, 4) is 0 Å². The number of rotatable bonds is 4. The maximum atomic E-state index is 6.24. The van der Waals surface area contributed by atoms with Gasteiger partial charge in [-0.2, -0.15) is 0 Å². The van der Waals surface area contributed by atoms with Gasteiger partial charge >= 0.3 is 0 Å². The van der Waals surface area contributed by atoms with E-state index in [4.69, 9.17) is 17.3 Å². The van der Waals surface area contributed by atoms with Gasteiger partial charge in [-0.1, -0.05) is 44.5 Å². The predicted octanol–water partition coefficient (Wildman–Crippen LogP) is 3.92. The van der Waals surface area contributed by atoms with Crippen molar-refractivity contribution in [2.45, 2.75) is 39.0 Å². The maximum Gasteiger partial charge on any atom is 0.0443 e. The van der Waals surface area contributed by atoms with Crippen molar-refractivity contribution in [2.75, 3.05) is 6.54 Å². The lowest BCUT2D eigenvalue weighted by atomic mass is 9.94. The molecule has 0 aliphatic heterocycles. The van der Waals surface area contributed by atoms with E-state index in [2.05, 4.69) is 39.0 Å². The molecule has 0 amide bonds. The van der Waals surface area contributed by atoms with Gasteiger partial charge in [-0.15, -0.1) is 0 Å². The van der Waals surface area contributed by atoms with E-state index in [1.165, 1.54) is 11.1 Å². The second kappa shape index (κ2) is 5.53. The molecule has 84 valence electrons. The Balaban J connectivity index is 2.91. The van der Waals surface area contributed by atoms with E-state index in [0.29, 0.717) is 11.8 Å². The summed E-state index contributed by atoms with van der Waals surface area (Å²) < 4.78 is 0. The minimum atomic E-state index is 0.483. The van der Waals surface area contributed by atoms with E-state index in [1.54, 1.807) is 0 Å². The molecule has 0 bridgehead atoms. The van der Waals surface area contributed by atoms with Crippen molar-refractivity contribution in [3.63, 3.8) is 0 Å². The largest absolute Gasteiger partial charge is 0.330 e. The van der Waals surface area contributed by atoms with Gasteiger partial charge in [-0.05, 0) is 42.0 Å². The molecule has 1 aromatic carbocycles. The van der Waals surface area contributed by atoms with Crippen molar-refractivity contribution >= 4 is 11.6 Å². The molecule has 0 radical (unpaired) electrons. The Morgan fingerprint density at radius 2 is 1.93 bits per heavy atom. The van der Waals surface area contributed by atoms with Crippen LogP contribution in [0.4, 0.5) is 0 Å². The molecule has 1 unspecified atom stereocenters. The van der Waals surface area contributed by atoms with Gasteiger partial charge in [0.1, 0.15) is 0 Å². The molecule has 0 saturated heterocycles. The van der Waals surface area contributed by atoms with Gasteiger partial charge in [0.15, 0.2) is 0 Å². The van der Waals surface area contributed by atoms with Gasteiger partial charge in [0, 0.05) is 5.02 Å². The lowest BCUT2D eigenvalue weighted by molar-refractivity contribution is 0.689. The van der Waals surface area contributed by atoms with Gasteiger partial charge in [0.2, 0.25) is 0 Å². The lowest BCUT2D eigenvalue weighted by Gasteiger charge is -2.14. The van der Waals surface area contributed by atoms with E-state index in [9.17, 15) is 0 Å². The molecule has 0 saturated carbocycles. The topological polar surface area (TPSA) is 26.0 Å². The van der Waals surface area contributed by atoms with Crippen LogP contribution in [-0.2, 0) is 0 Å². The molecule has 2 heteroatoms. The van der Waals surface area contributed by atoms with Crippen LogP contribution in [0, 0.1) is 0 Å². The summed E-state index contributed by atoms with van der Waals surface area (Å²) in [6, 6.07) is 6.38. The van der Waals surface area contributed by atoms with Gasteiger partial charge in [0.05, 0.1) is 0 Å². The summed E-state index contributed by atoms with van der Waals surface area (Å²) in [5, 5.41) is 0.881. The minimum Gasteiger partial charge on any atom is -0.330 e. The van der Waals surface area contributed by atoms with Crippen molar-refractivity contribution in [1.29, 1.82) is 0 Å². The highest BCUT2D eigenvalue weighted by atomic mass is 35.5. The second-order valence-corrected chi connectivity index (χ2v) is 4.82. The SMILES string of the molecule is CC(C)c1ccc(C(C)CCN)cc1Cl. The van der Waals surface area contributed by atoms with Crippen LogP contribution in [0.5, 0.6) is 0 Å². The Labute approximate surface area is 97.6 Å². The van der Waals surface area contributed by atoms with E-state index in [0.717, 1.165) is 18.0 Å². The summed E-state index contributed by atoms with van der Waals surface area (Å²) in [5.74, 6) is 0.977. The molecule has 1 rings (SSSR count). The predicted molar refractivity (Wildman–Crippen MR) is 67.6 cm³/mol. The Morgan fingerprint density at radius 3 is 2.40 bits per heavy atom. The van der Waals surface area contributed by atoms with Crippen LogP contribution in [-0.4, -0.2) is 6.54 Å². The van der Waals surface area contributed by atoms with Crippen LogP contribution in [0.1, 0.15) is 50.2 Å². The molecule has 15 heavy (non-hydrogen) atoms. The summed E-state index contributed by atoms with van der Waals surface area (Å²) in [5.41, 5.74) is 8.06. The molecule has 0 aromatic heterocycles. The highest BCUT2D eigenvalue weighted by Gasteiger charge is 2.09. The van der Waals surface area contributed by atoms with Gasteiger partial charge in [-0.25, -0.2) is 0 Å². The third-order valence-electron chi connectivity index (χ3n) is 2.82. The fraction of sp³-hybridized carbons (Fsp3) is 0.538. The summed E-state index contributed by atoms with van der Waals surface area (Å²) in [4.78, 5) is 0. The molecule has 0 aliphatic rings. The highest BCUT2D eigenvalue weighted by Crippen LogP contribution is 2.28. The van der Waals surface area contributed by atoms with Crippen molar-refractivity contribution in [2.24, 2.45) is 5.73 Å². The minimum absolute atomic E-state index is 0.483. The fourth-order valence-corrected chi connectivity index (χ4v) is 2.14. The number of hydrogen-bond donors (Lipinski definition) is 1. The first-order chi connectivity index (χ1) is 7.06. The number of benzene rings is 1. The third-order valence-corrected chi connectivity index (χ3v) is 3.14. The Hall–Kier alpha value is -0.530. The lowest BCUT2D eigenvalue weighted by Crippen LogP contribution is -2.04. The molecular weight excluding hydrogens is 206 g/mol. The monoisotopic (exact) mass is 225 g/mol. The summed E-state index contributed by atoms with van der Waals surface area (Å²) in [6.45, 7) is 7.23. The summed E-state index contributed by atoms with van der Waals surface area (Å²) in [7, 11) is 0. The first-order valence-electron chi connectivity index (χ1n) is 5.55. The quantitative estimate of drug-likeness (QED) is 0.826. The smallest absolute Gasteiger partial charge is 0.0443 e. The number of halogens is 1. The summed E-state index contributed by atoms with van der Waals surface area (Å²) >= 11 is 6.24. The van der Waals surface area contributed by atoms with Gasteiger partial charge < -0.3 is 5.73 Å². The van der Waals surface area contributed by atoms with Crippen LogP contribution < -0.4 is 5.73 Å². The molecule has 0 fully saturated rings. The van der Waals surface area contributed by atoms with E-state index in [1.807, 2.05) is 0 Å². The van der Waals surface area contributed by atoms with E-state index in [-0.39, 0.29) is 0 Å². The fourth-order valence-electron chi connectivity index (χ4n) is 1.73. The first kappa shape index (κ1) is 12.5. The third kappa shape index (κ3) is 3.22. The van der Waals surface area contributed by atoms with Crippen LogP contribution in [0.15, 0.2) is 18.2 Å². The van der Waals surface area contributed by atoms with Crippen molar-refractivity contribution in [1.82, 2.24) is 0 Å². The molecule has 0 spiro atoms. The van der Waals surface area contributed by atoms with Gasteiger partial charge in [0.25, 0.3) is 0 Å². The molecular formula is C13H20ClN. The zero-order valence-corrected chi connectivity index (χ0v) is 10.5. The summed E-state index contributed by atoms with van der Waals surface area (Å²) in [6.07, 6.45) is 1.01. The normalized spacial score (nSPS) is 13.2. The Bertz CT molecular complexity index is 320. The average Bonchev–Trinajstić information content (AvgIpc) is 2.17. The highest BCUT2D eigenvalue weighted by molar-refractivity contribution is 6.31. The van der Waals surface area contributed by atoms with E-state index < -0.39 is 0 Å². The average molecular weight is 226 g/mol. The van der Waals surface area contributed by atoms with Crippen molar-refractivity contribution < 1.29 is 0 Å². The molecule has 1 atom stereocenters. The van der Waals surface area contributed by atoms with E-state index >= 15 is 0 Å². The Kier molecular flexibility index (Phi) is 4.62. The molecule has 1 aromatic rings. The number of nitrogens with two attached hydrogens (primary N) is 1. The van der Waals surface area contributed by atoms with Gasteiger partial charge in [-0.3, -0.25) is 0 Å². The zero-order chi connectivity index (χ0) is 11.4. The van der Waals surface area contributed by atoms with Crippen LogP contribution in [0.2, 0.25) is 5.02 Å². The zero-order valence-electron chi connectivity index (χ0n) is 9.76. The van der Waals surface area contributed by atoms with Crippen LogP contribution >= 0.6 is 11.6 Å². The maximum absolute atomic E-state index is 6.24. The Morgan fingerprint density at radius 1 is 1.27 bits per heavy atom. The van der Waals surface area contributed by atoms with Crippen LogP contribution in [0.25, 0.3) is 0 Å². The second-order valence-electron chi connectivity index (χ2n) is 4.41. The standard InChI is InChI=1S/C13H20ClN/c1-9(2)12-5-4-11(8-13(12)14)10(3)6-7-15/h4-5,8-10H,6-7,15H2,1-3H3.